The molecule has 0 aromatic heterocycles. The third-order valence-corrected chi connectivity index (χ3v) is 4.08. The summed E-state index contributed by atoms with van der Waals surface area (Å²) in [4.78, 5) is 13.0. The van der Waals surface area contributed by atoms with E-state index in [9.17, 15) is 4.79 Å². The molecule has 4 nitrogen and oxygen atoms in total. The lowest BCUT2D eigenvalue weighted by Gasteiger charge is -2.36. The van der Waals surface area contributed by atoms with Crippen molar-refractivity contribution in [1.29, 1.82) is 0 Å². The van der Waals surface area contributed by atoms with Gasteiger partial charge in [-0.25, -0.2) is 0 Å². The lowest BCUT2D eigenvalue weighted by molar-refractivity contribution is -0.147. The number of aliphatic carboxylic acids is 1. The van der Waals surface area contributed by atoms with Gasteiger partial charge in [0.2, 0.25) is 0 Å². The van der Waals surface area contributed by atoms with Crippen molar-refractivity contribution in [2.24, 2.45) is 5.92 Å². The number of benzene rings is 2. The molecule has 3 rings (SSSR count). The summed E-state index contributed by atoms with van der Waals surface area (Å²) in [5.74, 6) is -0.0297. The molecule has 0 spiro atoms. The summed E-state index contributed by atoms with van der Waals surface area (Å²) in [6.45, 7) is 2.09. The summed E-state index contributed by atoms with van der Waals surface area (Å²) in [6, 6.07) is 16.3. The molecule has 0 radical (unpaired) electrons. The minimum absolute atomic E-state index is 0.201. The number of nitrogens with zero attached hydrogens (tertiary/aromatic N) is 1. The number of para-hydroxylation sites is 1. The molecule has 1 aliphatic rings. The number of hydrogen-bond acceptors (Lipinski definition) is 3. The molecule has 22 heavy (non-hydrogen) atoms. The first kappa shape index (κ1) is 14.6. The molecule has 2 aromatic carbocycles. The Morgan fingerprint density at radius 3 is 2.50 bits per heavy atom. The molecule has 0 unspecified atom stereocenters. The molecule has 1 heterocycles. The molecule has 1 aliphatic heterocycles. The fraction of sp³-hybridized carbons (Fsp3) is 0.278. The van der Waals surface area contributed by atoms with Crippen LogP contribution in [0.25, 0.3) is 11.1 Å². The lowest BCUT2D eigenvalue weighted by Crippen LogP contribution is -2.49. The zero-order valence-electron chi connectivity index (χ0n) is 12.5. The molecule has 114 valence electrons. The summed E-state index contributed by atoms with van der Waals surface area (Å²) < 4.78 is 5.39. The van der Waals surface area contributed by atoms with Gasteiger partial charge in [0, 0.05) is 25.2 Å². The third-order valence-electron chi connectivity index (χ3n) is 4.08. The average Bonchev–Trinajstić information content (AvgIpc) is 2.50. The van der Waals surface area contributed by atoms with E-state index < -0.39 is 5.97 Å². The first-order chi connectivity index (χ1) is 10.7. The molecule has 4 heteroatoms. The zero-order chi connectivity index (χ0) is 15.5. The highest BCUT2D eigenvalue weighted by atomic mass is 16.5. The van der Waals surface area contributed by atoms with Gasteiger partial charge in [-0.2, -0.15) is 0 Å². The monoisotopic (exact) mass is 297 g/mol. The van der Waals surface area contributed by atoms with Crippen LogP contribution in [0.1, 0.15) is 5.56 Å². The molecule has 0 saturated carbocycles. The molecule has 0 amide bonds. The number of hydrogen-bond donors (Lipinski definition) is 1. The van der Waals surface area contributed by atoms with Crippen LogP contribution in [0.2, 0.25) is 0 Å². The van der Waals surface area contributed by atoms with E-state index in [-0.39, 0.29) is 5.92 Å². The van der Waals surface area contributed by atoms with Crippen LogP contribution in [-0.2, 0) is 11.3 Å². The number of likely N-dealkylation sites (tertiary alicyclic amines) is 1. The van der Waals surface area contributed by atoms with Gasteiger partial charge >= 0.3 is 5.97 Å². The van der Waals surface area contributed by atoms with E-state index in [1.54, 1.807) is 7.11 Å². The standard InChI is InChI=1S/C18H19NO3/c1-22-17-5-3-2-4-16(17)14-8-6-13(7-9-14)10-19-11-15(12-19)18(20)21/h2-9,15H,10-12H2,1H3,(H,20,21). The normalized spacial score (nSPS) is 15.3. The number of methoxy groups -OCH3 is 1. The average molecular weight is 297 g/mol. The van der Waals surface area contributed by atoms with Crippen LogP contribution in [-0.4, -0.2) is 36.2 Å². The topological polar surface area (TPSA) is 49.8 Å². The molecular formula is C18H19NO3. The zero-order valence-corrected chi connectivity index (χ0v) is 12.5. The maximum atomic E-state index is 10.8. The SMILES string of the molecule is COc1ccccc1-c1ccc(CN2CC(C(=O)O)C2)cc1. The highest BCUT2D eigenvalue weighted by Gasteiger charge is 2.32. The number of ether oxygens (including phenoxy) is 1. The van der Waals surface area contributed by atoms with Crippen LogP contribution in [0.15, 0.2) is 48.5 Å². The van der Waals surface area contributed by atoms with Gasteiger partial charge in [-0.05, 0) is 17.2 Å². The highest BCUT2D eigenvalue weighted by molar-refractivity contribution is 5.72. The second-order valence-electron chi connectivity index (χ2n) is 5.63. The Hall–Kier alpha value is -2.33. The minimum Gasteiger partial charge on any atom is -0.496 e. The molecular weight excluding hydrogens is 278 g/mol. The molecule has 1 fully saturated rings. The fourth-order valence-corrected chi connectivity index (χ4v) is 2.79. The number of rotatable bonds is 5. The Labute approximate surface area is 130 Å². The summed E-state index contributed by atoms with van der Waals surface area (Å²) in [5, 5.41) is 8.89. The van der Waals surface area contributed by atoms with E-state index in [4.69, 9.17) is 9.84 Å². The second kappa shape index (κ2) is 6.20. The Morgan fingerprint density at radius 2 is 1.86 bits per heavy atom. The Morgan fingerprint density at radius 1 is 1.18 bits per heavy atom. The molecule has 1 N–H and O–H groups in total. The van der Waals surface area contributed by atoms with Crippen LogP contribution in [0.4, 0.5) is 0 Å². The Kier molecular flexibility index (Phi) is 4.11. The van der Waals surface area contributed by atoms with E-state index in [0.717, 1.165) is 23.4 Å². The summed E-state index contributed by atoms with van der Waals surface area (Å²) >= 11 is 0. The van der Waals surface area contributed by atoms with Gasteiger partial charge in [0.15, 0.2) is 0 Å². The number of carboxylic acid groups (broad SMARTS) is 1. The molecule has 0 atom stereocenters. The molecule has 2 aromatic rings. The summed E-state index contributed by atoms with van der Waals surface area (Å²) in [6.07, 6.45) is 0. The maximum Gasteiger partial charge on any atom is 0.309 e. The predicted molar refractivity (Wildman–Crippen MR) is 84.8 cm³/mol. The predicted octanol–water partition coefficient (Wildman–Crippen LogP) is 2.88. The van der Waals surface area contributed by atoms with Crippen molar-refractivity contribution < 1.29 is 14.6 Å². The maximum absolute atomic E-state index is 10.8. The van der Waals surface area contributed by atoms with Crippen LogP contribution in [0, 0.1) is 5.92 Å². The van der Waals surface area contributed by atoms with Crippen molar-refractivity contribution >= 4 is 5.97 Å². The second-order valence-corrected chi connectivity index (χ2v) is 5.63. The number of carboxylic acids is 1. The van der Waals surface area contributed by atoms with Gasteiger partial charge in [0.1, 0.15) is 5.75 Å². The number of carbonyl (C=O) groups is 1. The van der Waals surface area contributed by atoms with Crippen molar-refractivity contribution in [1.82, 2.24) is 4.90 Å². The van der Waals surface area contributed by atoms with Crippen molar-refractivity contribution in [2.45, 2.75) is 6.54 Å². The van der Waals surface area contributed by atoms with E-state index in [2.05, 4.69) is 29.2 Å². The van der Waals surface area contributed by atoms with Crippen molar-refractivity contribution in [3.05, 3.63) is 54.1 Å². The summed E-state index contributed by atoms with van der Waals surface area (Å²) in [5.41, 5.74) is 3.39. The smallest absolute Gasteiger partial charge is 0.309 e. The molecule has 0 bridgehead atoms. The van der Waals surface area contributed by atoms with Gasteiger partial charge in [0.05, 0.1) is 13.0 Å². The van der Waals surface area contributed by atoms with Crippen LogP contribution >= 0.6 is 0 Å². The highest BCUT2D eigenvalue weighted by Crippen LogP contribution is 2.30. The van der Waals surface area contributed by atoms with Crippen LogP contribution in [0.3, 0.4) is 0 Å². The van der Waals surface area contributed by atoms with Crippen molar-refractivity contribution in [3.63, 3.8) is 0 Å². The quantitative estimate of drug-likeness (QED) is 0.922. The van der Waals surface area contributed by atoms with Gasteiger partial charge in [-0.3, -0.25) is 9.69 Å². The Balaban J connectivity index is 1.67. The minimum atomic E-state index is -0.692. The van der Waals surface area contributed by atoms with Gasteiger partial charge < -0.3 is 9.84 Å². The van der Waals surface area contributed by atoms with E-state index >= 15 is 0 Å². The summed E-state index contributed by atoms with van der Waals surface area (Å²) in [7, 11) is 1.68. The van der Waals surface area contributed by atoms with Crippen molar-refractivity contribution in [2.75, 3.05) is 20.2 Å². The largest absolute Gasteiger partial charge is 0.496 e. The fourth-order valence-electron chi connectivity index (χ4n) is 2.79. The first-order valence-corrected chi connectivity index (χ1v) is 7.35. The van der Waals surface area contributed by atoms with Crippen LogP contribution < -0.4 is 4.74 Å². The van der Waals surface area contributed by atoms with Crippen molar-refractivity contribution in [3.8, 4) is 16.9 Å². The lowest BCUT2D eigenvalue weighted by atomic mass is 9.98. The third kappa shape index (κ3) is 2.97. The van der Waals surface area contributed by atoms with Gasteiger partial charge in [0.25, 0.3) is 0 Å². The van der Waals surface area contributed by atoms with Crippen LogP contribution in [0.5, 0.6) is 5.75 Å². The van der Waals surface area contributed by atoms with Gasteiger partial charge in [-0.15, -0.1) is 0 Å². The first-order valence-electron chi connectivity index (χ1n) is 7.35. The Bertz CT molecular complexity index is 660. The van der Waals surface area contributed by atoms with E-state index in [1.165, 1.54) is 5.56 Å². The molecule has 0 aliphatic carbocycles. The van der Waals surface area contributed by atoms with E-state index in [1.807, 2.05) is 24.3 Å². The van der Waals surface area contributed by atoms with Gasteiger partial charge in [-0.1, -0.05) is 42.5 Å². The van der Waals surface area contributed by atoms with E-state index in [0.29, 0.717) is 13.1 Å². The molecule has 1 saturated heterocycles.